The van der Waals surface area contributed by atoms with Crippen LogP contribution in [0, 0.1) is 0 Å². The van der Waals surface area contributed by atoms with Gasteiger partial charge in [0.25, 0.3) is 5.56 Å². The number of anilines is 1. The third-order valence-corrected chi connectivity index (χ3v) is 5.39. The molecular weight excluding hydrogens is 412 g/mol. The summed E-state index contributed by atoms with van der Waals surface area (Å²) >= 11 is 6.04. The summed E-state index contributed by atoms with van der Waals surface area (Å²) in [6, 6.07) is 14.7. The Hall–Kier alpha value is -2.83. The summed E-state index contributed by atoms with van der Waals surface area (Å²) in [6.07, 6.45) is 1.71. The second-order valence-electron chi connectivity index (χ2n) is 7.92. The van der Waals surface area contributed by atoms with Crippen LogP contribution in [0.5, 0.6) is 0 Å². The van der Waals surface area contributed by atoms with E-state index in [0.29, 0.717) is 22.8 Å². The SMILES string of the molecule is CCc1ccc2[nH]c(=O)c(CN(CCCN(C)C)C(=O)Nc3cccc(Cl)c3)cc2c1. The third-order valence-electron chi connectivity index (χ3n) is 5.15. The van der Waals surface area contributed by atoms with Gasteiger partial charge in [-0.3, -0.25) is 4.79 Å². The molecule has 0 radical (unpaired) electrons. The molecule has 0 spiro atoms. The molecule has 0 aliphatic heterocycles. The Kier molecular flexibility index (Phi) is 7.71. The van der Waals surface area contributed by atoms with E-state index in [1.165, 1.54) is 5.56 Å². The second kappa shape index (κ2) is 10.5. The molecule has 2 N–H and O–H groups in total. The van der Waals surface area contributed by atoms with Crippen LogP contribution in [0.2, 0.25) is 5.02 Å². The Bertz CT molecular complexity index is 1110. The van der Waals surface area contributed by atoms with E-state index >= 15 is 0 Å². The number of nitrogens with zero attached hydrogens (tertiary/aromatic N) is 2. The Labute approximate surface area is 187 Å². The number of hydrogen-bond acceptors (Lipinski definition) is 3. The van der Waals surface area contributed by atoms with Crippen molar-refractivity contribution in [2.24, 2.45) is 0 Å². The predicted molar refractivity (Wildman–Crippen MR) is 128 cm³/mol. The molecule has 31 heavy (non-hydrogen) atoms. The maximum absolute atomic E-state index is 13.0. The first-order chi connectivity index (χ1) is 14.9. The van der Waals surface area contributed by atoms with Gasteiger partial charge in [0.2, 0.25) is 0 Å². The average Bonchev–Trinajstić information content (AvgIpc) is 2.72. The van der Waals surface area contributed by atoms with Crippen molar-refractivity contribution >= 4 is 34.2 Å². The van der Waals surface area contributed by atoms with Crippen LogP contribution in [0.25, 0.3) is 10.9 Å². The van der Waals surface area contributed by atoms with Gasteiger partial charge >= 0.3 is 6.03 Å². The lowest BCUT2D eigenvalue weighted by Crippen LogP contribution is -2.37. The number of rotatable bonds is 8. The number of urea groups is 1. The van der Waals surface area contributed by atoms with E-state index in [1.54, 1.807) is 29.2 Å². The Morgan fingerprint density at radius 2 is 1.90 bits per heavy atom. The van der Waals surface area contributed by atoms with Crippen LogP contribution < -0.4 is 10.9 Å². The number of halogens is 1. The van der Waals surface area contributed by atoms with Crippen LogP contribution >= 0.6 is 11.6 Å². The van der Waals surface area contributed by atoms with Crippen LogP contribution in [-0.2, 0) is 13.0 Å². The molecule has 1 aromatic heterocycles. The molecule has 2 amide bonds. The van der Waals surface area contributed by atoms with E-state index in [9.17, 15) is 9.59 Å². The highest BCUT2D eigenvalue weighted by Crippen LogP contribution is 2.18. The lowest BCUT2D eigenvalue weighted by molar-refractivity contribution is 0.205. The molecule has 3 rings (SSSR count). The van der Waals surface area contributed by atoms with Crippen molar-refractivity contribution in [3.8, 4) is 0 Å². The average molecular weight is 441 g/mol. The summed E-state index contributed by atoms with van der Waals surface area (Å²) in [5.41, 5.74) is 3.01. The lowest BCUT2D eigenvalue weighted by Gasteiger charge is -2.24. The molecule has 0 unspecified atom stereocenters. The largest absolute Gasteiger partial charge is 0.322 e. The van der Waals surface area contributed by atoms with Gasteiger partial charge in [-0.1, -0.05) is 30.7 Å². The van der Waals surface area contributed by atoms with E-state index in [-0.39, 0.29) is 18.1 Å². The van der Waals surface area contributed by atoms with Crippen LogP contribution in [0.1, 0.15) is 24.5 Å². The number of benzene rings is 2. The van der Waals surface area contributed by atoms with Gasteiger partial charge in [-0.2, -0.15) is 0 Å². The number of fused-ring (bicyclic) bond motifs is 1. The van der Waals surface area contributed by atoms with Gasteiger partial charge in [0, 0.05) is 28.3 Å². The Balaban J connectivity index is 1.85. The number of aromatic amines is 1. The fourth-order valence-corrected chi connectivity index (χ4v) is 3.63. The van der Waals surface area contributed by atoms with E-state index < -0.39 is 0 Å². The number of carbonyl (C=O) groups is 1. The zero-order valence-corrected chi connectivity index (χ0v) is 19.0. The third kappa shape index (κ3) is 6.32. The molecule has 0 fully saturated rings. The molecule has 0 aliphatic carbocycles. The Morgan fingerprint density at radius 1 is 1.10 bits per heavy atom. The first-order valence-corrected chi connectivity index (χ1v) is 10.8. The van der Waals surface area contributed by atoms with Crippen molar-refractivity contribution in [1.82, 2.24) is 14.8 Å². The van der Waals surface area contributed by atoms with Gasteiger partial charge < -0.3 is 20.1 Å². The van der Waals surface area contributed by atoms with Crippen LogP contribution in [0.4, 0.5) is 10.5 Å². The fraction of sp³-hybridized carbons (Fsp3) is 0.333. The minimum atomic E-state index is -0.261. The van der Waals surface area contributed by atoms with Gasteiger partial charge in [-0.25, -0.2) is 4.79 Å². The molecule has 0 saturated heterocycles. The molecule has 0 bridgehead atoms. The van der Waals surface area contributed by atoms with Crippen LogP contribution in [0.15, 0.2) is 53.3 Å². The summed E-state index contributed by atoms with van der Waals surface area (Å²) in [4.78, 5) is 32.4. The minimum absolute atomic E-state index is 0.176. The molecule has 1 heterocycles. The number of hydrogen-bond donors (Lipinski definition) is 2. The monoisotopic (exact) mass is 440 g/mol. The molecule has 0 atom stereocenters. The number of H-pyrrole nitrogens is 1. The molecule has 6 nitrogen and oxygen atoms in total. The van der Waals surface area contributed by atoms with E-state index in [2.05, 4.69) is 28.2 Å². The standard InChI is InChI=1S/C24H29ClN4O2/c1-4-17-9-10-22-18(13-17)14-19(23(30)27-22)16-29(12-6-11-28(2)3)24(31)26-21-8-5-7-20(25)15-21/h5,7-10,13-15H,4,6,11-12,16H2,1-3H3,(H,26,31)(H,27,30). The van der Waals surface area contributed by atoms with Gasteiger partial charge in [0.15, 0.2) is 0 Å². The second-order valence-corrected chi connectivity index (χ2v) is 8.35. The summed E-state index contributed by atoms with van der Waals surface area (Å²) in [7, 11) is 3.99. The number of carbonyl (C=O) groups excluding carboxylic acids is 1. The molecule has 3 aromatic rings. The lowest BCUT2D eigenvalue weighted by atomic mass is 10.1. The van der Waals surface area contributed by atoms with Crippen molar-refractivity contribution in [2.75, 3.05) is 32.5 Å². The zero-order valence-electron chi connectivity index (χ0n) is 18.2. The molecule has 2 aromatic carbocycles. The summed E-state index contributed by atoms with van der Waals surface area (Å²) in [5, 5.41) is 4.41. The van der Waals surface area contributed by atoms with Crippen molar-refractivity contribution in [1.29, 1.82) is 0 Å². The van der Waals surface area contributed by atoms with Crippen molar-refractivity contribution < 1.29 is 4.79 Å². The van der Waals surface area contributed by atoms with Crippen LogP contribution in [0.3, 0.4) is 0 Å². The van der Waals surface area contributed by atoms with E-state index in [1.807, 2.05) is 32.3 Å². The fourth-order valence-electron chi connectivity index (χ4n) is 3.44. The highest BCUT2D eigenvalue weighted by molar-refractivity contribution is 6.30. The maximum atomic E-state index is 13.0. The molecule has 0 aliphatic rings. The van der Waals surface area contributed by atoms with Crippen molar-refractivity contribution in [3.05, 3.63) is 75.0 Å². The van der Waals surface area contributed by atoms with Crippen molar-refractivity contribution in [2.45, 2.75) is 26.3 Å². The summed E-state index contributed by atoms with van der Waals surface area (Å²) in [5.74, 6) is 0. The zero-order chi connectivity index (χ0) is 22.4. The highest BCUT2D eigenvalue weighted by Gasteiger charge is 2.17. The minimum Gasteiger partial charge on any atom is -0.322 e. The van der Waals surface area contributed by atoms with Crippen LogP contribution in [-0.4, -0.2) is 48.0 Å². The van der Waals surface area contributed by atoms with E-state index in [4.69, 9.17) is 11.6 Å². The van der Waals surface area contributed by atoms with Gasteiger partial charge in [-0.15, -0.1) is 0 Å². The number of aromatic nitrogens is 1. The maximum Gasteiger partial charge on any atom is 0.322 e. The first-order valence-electron chi connectivity index (χ1n) is 10.5. The first kappa shape index (κ1) is 22.8. The number of pyridine rings is 1. The van der Waals surface area contributed by atoms with E-state index in [0.717, 1.165) is 30.3 Å². The normalized spacial score (nSPS) is 11.1. The Morgan fingerprint density at radius 3 is 2.61 bits per heavy atom. The summed E-state index contributed by atoms with van der Waals surface area (Å²) in [6.45, 7) is 3.69. The van der Waals surface area contributed by atoms with Gasteiger partial charge in [0.1, 0.15) is 0 Å². The number of nitrogens with one attached hydrogen (secondary N) is 2. The van der Waals surface area contributed by atoms with Gasteiger partial charge in [0.05, 0.1) is 6.54 Å². The number of amides is 2. The smallest absolute Gasteiger partial charge is 0.322 e. The van der Waals surface area contributed by atoms with Crippen molar-refractivity contribution in [3.63, 3.8) is 0 Å². The summed E-state index contributed by atoms with van der Waals surface area (Å²) < 4.78 is 0. The number of aryl methyl sites for hydroxylation is 1. The highest BCUT2D eigenvalue weighted by atomic mass is 35.5. The molecule has 164 valence electrons. The molecular formula is C24H29ClN4O2. The predicted octanol–water partition coefficient (Wildman–Crippen LogP) is 4.73. The quantitative estimate of drug-likeness (QED) is 0.532. The van der Waals surface area contributed by atoms with Gasteiger partial charge in [-0.05, 0) is 80.8 Å². The molecule has 0 saturated carbocycles. The topological polar surface area (TPSA) is 68.4 Å². The molecule has 7 heteroatoms.